The van der Waals surface area contributed by atoms with Crippen LogP contribution in [0.25, 0.3) is 0 Å². The molecule has 2 aliphatic rings. The number of amides is 1. The predicted octanol–water partition coefficient (Wildman–Crippen LogP) is 0.0971. The van der Waals surface area contributed by atoms with Gasteiger partial charge in [-0.05, 0) is 25.0 Å². The van der Waals surface area contributed by atoms with E-state index in [1.165, 1.54) is 0 Å². The van der Waals surface area contributed by atoms with Gasteiger partial charge in [-0.1, -0.05) is 0 Å². The first-order chi connectivity index (χ1) is 9.16. The smallest absolute Gasteiger partial charge is 0.267 e. The highest BCUT2D eigenvalue weighted by Crippen LogP contribution is 2.38. The summed E-state index contributed by atoms with van der Waals surface area (Å²) in [6, 6.07) is 3.63. The highest BCUT2D eigenvalue weighted by Gasteiger charge is 2.50. The number of ether oxygens (including phenoxy) is 1. The first kappa shape index (κ1) is 12.4. The van der Waals surface area contributed by atoms with E-state index in [1.54, 1.807) is 18.3 Å². The molecule has 1 saturated carbocycles. The fraction of sp³-hybridized carbons (Fsp3) is 0.538. The third-order valence-electron chi connectivity index (χ3n) is 4.02. The average molecular weight is 262 g/mol. The molecule has 6 heteroatoms. The topological polar surface area (TPSA) is 103 Å². The molecule has 4 atom stereocenters. The lowest BCUT2D eigenvalue weighted by Gasteiger charge is -2.52. The Hall–Kier alpha value is -1.66. The number of carbonyl (C=O) groups is 1. The predicted molar refractivity (Wildman–Crippen MR) is 70.6 cm³/mol. The first-order valence-corrected chi connectivity index (χ1v) is 6.56. The van der Waals surface area contributed by atoms with Crippen molar-refractivity contribution in [2.24, 2.45) is 17.4 Å². The monoisotopic (exact) mass is 262 g/mol. The summed E-state index contributed by atoms with van der Waals surface area (Å²) in [6.07, 6.45) is 3.95. The Labute approximate surface area is 111 Å². The minimum atomic E-state index is -0.534. The quantitative estimate of drug-likeness (QED) is 0.716. The maximum absolute atomic E-state index is 11.1. The number of nitrogens with one attached hydrogen (secondary N) is 1. The number of primary amides is 1. The van der Waals surface area contributed by atoms with Gasteiger partial charge in [-0.15, -0.1) is 0 Å². The van der Waals surface area contributed by atoms with E-state index < -0.39 is 5.91 Å². The lowest BCUT2D eigenvalue weighted by molar-refractivity contribution is -0.104. The highest BCUT2D eigenvalue weighted by molar-refractivity contribution is 5.91. The van der Waals surface area contributed by atoms with E-state index in [0.717, 1.165) is 25.1 Å². The molecule has 1 aromatic rings. The second-order valence-corrected chi connectivity index (χ2v) is 5.18. The van der Waals surface area contributed by atoms with Gasteiger partial charge in [-0.25, -0.2) is 0 Å². The van der Waals surface area contributed by atoms with Gasteiger partial charge in [0.25, 0.3) is 5.91 Å². The molecule has 6 nitrogen and oxygen atoms in total. The lowest BCUT2D eigenvalue weighted by atomic mass is 9.68. The molecule has 1 aromatic heterocycles. The molecule has 1 aliphatic carbocycles. The number of nitrogens with two attached hydrogens (primary N) is 2. The molecule has 1 amide bonds. The zero-order chi connectivity index (χ0) is 13.4. The number of anilines is 1. The highest BCUT2D eigenvalue weighted by atomic mass is 16.5. The third-order valence-corrected chi connectivity index (χ3v) is 4.02. The van der Waals surface area contributed by atoms with Crippen molar-refractivity contribution in [3.05, 3.63) is 24.0 Å². The number of carbonyl (C=O) groups excluding carboxylic acids is 1. The van der Waals surface area contributed by atoms with Crippen molar-refractivity contribution in [3.63, 3.8) is 0 Å². The van der Waals surface area contributed by atoms with Gasteiger partial charge in [0.15, 0.2) is 0 Å². The van der Waals surface area contributed by atoms with Gasteiger partial charge in [-0.2, -0.15) is 0 Å². The van der Waals surface area contributed by atoms with Crippen molar-refractivity contribution in [2.45, 2.75) is 31.0 Å². The summed E-state index contributed by atoms with van der Waals surface area (Å²) >= 11 is 0. The molecule has 0 spiro atoms. The van der Waals surface area contributed by atoms with Crippen molar-refractivity contribution in [1.29, 1.82) is 0 Å². The second-order valence-electron chi connectivity index (χ2n) is 5.18. The van der Waals surface area contributed by atoms with E-state index in [9.17, 15) is 4.79 Å². The molecule has 0 aromatic carbocycles. The molecule has 1 aliphatic heterocycles. The Morgan fingerprint density at radius 1 is 1.53 bits per heavy atom. The van der Waals surface area contributed by atoms with E-state index in [2.05, 4.69) is 10.3 Å². The minimum Gasteiger partial charge on any atom is -0.378 e. The number of hydrogen-bond acceptors (Lipinski definition) is 5. The van der Waals surface area contributed by atoms with Crippen LogP contribution in [0.5, 0.6) is 0 Å². The number of pyridine rings is 1. The van der Waals surface area contributed by atoms with Gasteiger partial charge in [0.05, 0.1) is 12.1 Å². The van der Waals surface area contributed by atoms with E-state index >= 15 is 0 Å². The summed E-state index contributed by atoms with van der Waals surface area (Å²) in [7, 11) is 0. The molecule has 1 saturated heterocycles. The van der Waals surface area contributed by atoms with Gasteiger partial charge in [-0.3, -0.25) is 9.78 Å². The first-order valence-electron chi connectivity index (χ1n) is 6.56. The fourth-order valence-electron chi connectivity index (χ4n) is 2.97. The largest absolute Gasteiger partial charge is 0.378 e. The summed E-state index contributed by atoms with van der Waals surface area (Å²) < 4.78 is 5.76. The van der Waals surface area contributed by atoms with Crippen LogP contribution in [-0.2, 0) is 4.74 Å². The van der Waals surface area contributed by atoms with Crippen molar-refractivity contribution in [1.82, 2.24) is 4.98 Å². The van der Waals surface area contributed by atoms with Gasteiger partial charge < -0.3 is 21.5 Å². The minimum absolute atomic E-state index is 0.0911. The van der Waals surface area contributed by atoms with Gasteiger partial charge >= 0.3 is 0 Å². The maximum Gasteiger partial charge on any atom is 0.267 e. The Balaban J connectivity index is 1.71. The molecular formula is C13H18N4O2. The third kappa shape index (κ3) is 2.17. The molecule has 0 radical (unpaired) electrons. The Morgan fingerprint density at radius 2 is 2.37 bits per heavy atom. The summed E-state index contributed by atoms with van der Waals surface area (Å²) in [5.41, 5.74) is 12.4. The van der Waals surface area contributed by atoms with Crippen LogP contribution in [-0.4, -0.2) is 35.7 Å². The molecular weight excluding hydrogens is 244 g/mol. The SMILES string of the molecule is NC(=O)c1cc(NC2C(N)C3CCCOC32)ccn1. The zero-order valence-electron chi connectivity index (χ0n) is 10.6. The zero-order valence-corrected chi connectivity index (χ0v) is 10.6. The lowest BCUT2D eigenvalue weighted by Crippen LogP contribution is -2.69. The summed E-state index contributed by atoms with van der Waals surface area (Å²) in [5.74, 6) is -0.0861. The molecule has 4 unspecified atom stereocenters. The standard InChI is InChI=1S/C13H18N4O2/c14-10-8-2-1-5-19-12(8)11(10)17-7-3-4-16-9(6-7)13(15)18/h3-4,6,8,10-12H,1-2,5,14H2,(H2,15,18)(H,16,17). The molecule has 2 heterocycles. The fourth-order valence-corrected chi connectivity index (χ4v) is 2.97. The maximum atomic E-state index is 11.1. The Morgan fingerprint density at radius 3 is 3.16 bits per heavy atom. The Bertz CT molecular complexity index is 493. The van der Waals surface area contributed by atoms with Crippen LogP contribution in [0.3, 0.4) is 0 Å². The number of aromatic nitrogens is 1. The summed E-state index contributed by atoms with van der Waals surface area (Å²) in [4.78, 5) is 15.0. The van der Waals surface area contributed by atoms with Crippen LogP contribution in [0, 0.1) is 5.92 Å². The number of nitrogens with zero attached hydrogens (tertiary/aromatic N) is 1. The molecule has 19 heavy (non-hydrogen) atoms. The van der Waals surface area contributed by atoms with Crippen LogP contribution in [0.1, 0.15) is 23.3 Å². The van der Waals surface area contributed by atoms with Crippen LogP contribution in [0.2, 0.25) is 0 Å². The van der Waals surface area contributed by atoms with E-state index in [-0.39, 0.29) is 23.9 Å². The summed E-state index contributed by atoms with van der Waals surface area (Å²) in [5, 5.41) is 3.32. The number of hydrogen-bond donors (Lipinski definition) is 3. The van der Waals surface area contributed by atoms with Gasteiger partial charge in [0.1, 0.15) is 5.69 Å². The van der Waals surface area contributed by atoms with Gasteiger partial charge in [0.2, 0.25) is 0 Å². The molecule has 5 N–H and O–H groups in total. The Kier molecular flexibility index (Phi) is 3.12. The van der Waals surface area contributed by atoms with Gasteiger partial charge in [0, 0.05) is 30.5 Å². The molecule has 2 fully saturated rings. The van der Waals surface area contributed by atoms with E-state index in [0.29, 0.717) is 5.92 Å². The molecule has 0 bridgehead atoms. The molecule has 3 rings (SSSR count). The van der Waals surface area contributed by atoms with Crippen LogP contribution in [0.4, 0.5) is 5.69 Å². The molecule has 102 valence electrons. The van der Waals surface area contributed by atoms with Crippen LogP contribution in [0.15, 0.2) is 18.3 Å². The van der Waals surface area contributed by atoms with Crippen LogP contribution < -0.4 is 16.8 Å². The number of rotatable bonds is 3. The van der Waals surface area contributed by atoms with E-state index in [4.69, 9.17) is 16.2 Å². The van der Waals surface area contributed by atoms with Crippen molar-refractivity contribution in [3.8, 4) is 0 Å². The van der Waals surface area contributed by atoms with Crippen molar-refractivity contribution >= 4 is 11.6 Å². The normalized spacial score (nSPS) is 33.1. The van der Waals surface area contributed by atoms with Crippen LogP contribution >= 0.6 is 0 Å². The van der Waals surface area contributed by atoms with Crippen molar-refractivity contribution < 1.29 is 9.53 Å². The second kappa shape index (κ2) is 4.79. The van der Waals surface area contributed by atoms with E-state index in [1.807, 2.05) is 0 Å². The van der Waals surface area contributed by atoms with Crippen molar-refractivity contribution in [2.75, 3.05) is 11.9 Å². The average Bonchev–Trinajstić information content (AvgIpc) is 2.44. The summed E-state index contributed by atoms with van der Waals surface area (Å²) in [6.45, 7) is 0.801. The number of fused-ring (bicyclic) bond motifs is 1.